The number of halogens is 1. The van der Waals surface area contributed by atoms with Crippen LogP contribution >= 0.6 is 15.9 Å². The minimum Gasteiger partial charge on any atom is -0.456 e. The van der Waals surface area contributed by atoms with Crippen LogP contribution < -0.4 is 9.47 Å². The van der Waals surface area contributed by atoms with E-state index < -0.39 is 13.7 Å². The topological polar surface area (TPSA) is 54.0 Å². The van der Waals surface area contributed by atoms with Crippen LogP contribution in [0.25, 0.3) is 0 Å². The van der Waals surface area contributed by atoms with Crippen LogP contribution in [0.1, 0.15) is 32.8 Å². The third-order valence-corrected chi connectivity index (χ3v) is 11.5. The summed E-state index contributed by atoms with van der Waals surface area (Å²) in [5.74, 6) is 1.08. The molecule has 3 atom stereocenters. The Morgan fingerprint density at radius 1 is 1.22 bits per heavy atom. The highest BCUT2D eigenvalue weighted by molar-refractivity contribution is 9.11. The monoisotopic (exact) mass is 452 g/mol. The Morgan fingerprint density at radius 2 is 1.93 bits per heavy atom. The molecule has 1 aliphatic carbocycles. The van der Waals surface area contributed by atoms with E-state index in [-0.39, 0.29) is 30.0 Å². The molecule has 1 fully saturated rings. The lowest BCUT2D eigenvalue weighted by atomic mass is 9.68. The van der Waals surface area contributed by atoms with Crippen molar-refractivity contribution in [2.45, 2.75) is 62.9 Å². The van der Waals surface area contributed by atoms with Gasteiger partial charge in [-0.1, -0.05) is 42.8 Å². The number of benzene rings is 1. The summed E-state index contributed by atoms with van der Waals surface area (Å²) in [6.07, 6.45) is 2.07. The summed E-state index contributed by atoms with van der Waals surface area (Å²) < 4.78 is 24.4. The van der Waals surface area contributed by atoms with Crippen LogP contribution in [0.3, 0.4) is 0 Å². The van der Waals surface area contributed by atoms with Crippen molar-refractivity contribution < 1.29 is 23.4 Å². The fraction of sp³-hybridized carbons (Fsp3) is 0.550. The number of ether oxygens (including phenoxy) is 3. The van der Waals surface area contributed by atoms with Gasteiger partial charge >= 0.3 is 5.97 Å². The molecule has 0 saturated carbocycles. The molecule has 27 heavy (non-hydrogen) atoms. The van der Waals surface area contributed by atoms with Crippen molar-refractivity contribution in [3.05, 3.63) is 34.3 Å². The SMILES string of the molecule is CC(C)(C)[Si](C)(C)O[C@H]1C[C@H]2OC(=O)[C@]1(c1ccc3c(c1)OCO3)C=C2Br. The Hall–Kier alpha value is -1.31. The maximum atomic E-state index is 13.1. The maximum absolute atomic E-state index is 13.1. The molecule has 0 aromatic heterocycles. The molecular weight excluding hydrogens is 428 g/mol. The second-order valence-corrected chi connectivity index (χ2v) is 14.6. The number of fused-ring (bicyclic) bond motifs is 3. The smallest absolute Gasteiger partial charge is 0.323 e. The fourth-order valence-corrected chi connectivity index (χ4v) is 5.62. The Morgan fingerprint density at radius 3 is 2.63 bits per heavy atom. The highest BCUT2D eigenvalue weighted by Gasteiger charge is 2.59. The van der Waals surface area contributed by atoms with E-state index in [1.54, 1.807) is 0 Å². The molecule has 1 aromatic carbocycles. The van der Waals surface area contributed by atoms with Gasteiger partial charge in [0.25, 0.3) is 0 Å². The maximum Gasteiger partial charge on any atom is 0.323 e. The van der Waals surface area contributed by atoms with E-state index in [2.05, 4.69) is 49.8 Å². The van der Waals surface area contributed by atoms with E-state index in [0.29, 0.717) is 17.9 Å². The van der Waals surface area contributed by atoms with E-state index >= 15 is 0 Å². The second kappa shape index (κ2) is 6.09. The van der Waals surface area contributed by atoms with Gasteiger partial charge in [0.2, 0.25) is 6.79 Å². The second-order valence-electron chi connectivity index (χ2n) is 8.96. The predicted molar refractivity (Wildman–Crippen MR) is 108 cm³/mol. The minimum absolute atomic E-state index is 0.0462. The molecule has 0 spiro atoms. The van der Waals surface area contributed by atoms with E-state index in [1.165, 1.54) is 0 Å². The molecule has 3 aliphatic heterocycles. The summed E-state index contributed by atoms with van der Waals surface area (Å²) in [5, 5.41) is 0.0462. The molecule has 1 aromatic rings. The molecule has 2 bridgehead atoms. The van der Waals surface area contributed by atoms with Crippen LogP contribution in [0.15, 0.2) is 28.8 Å². The molecule has 4 aliphatic rings. The summed E-state index contributed by atoms with van der Waals surface area (Å²) in [6.45, 7) is 11.2. The first kappa shape index (κ1) is 19.0. The molecule has 5 rings (SSSR count). The van der Waals surface area contributed by atoms with Crippen LogP contribution in [-0.4, -0.2) is 33.3 Å². The molecule has 0 amide bonds. The van der Waals surface area contributed by atoms with Crippen molar-refractivity contribution in [2.75, 3.05) is 6.79 Å². The lowest BCUT2D eigenvalue weighted by Gasteiger charge is -2.51. The first-order valence-corrected chi connectivity index (χ1v) is 12.9. The average molecular weight is 453 g/mol. The van der Waals surface area contributed by atoms with Gasteiger partial charge in [0.05, 0.1) is 6.10 Å². The Balaban J connectivity index is 1.82. The molecule has 3 heterocycles. The van der Waals surface area contributed by atoms with Gasteiger partial charge in [-0.15, -0.1) is 0 Å². The van der Waals surface area contributed by atoms with Crippen molar-refractivity contribution in [1.82, 2.24) is 0 Å². The molecule has 0 unspecified atom stereocenters. The van der Waals surface area contributed by atoms with Gasteiger partial charge in [0.15, 0.2) is 19.8 Å². The van der Waals surface area contributed by atoms with E-state index in [4.69, 9.17) is 18.6 Å². The van der Waals surface area contributed by atoms with Gasteiger partial charge < -0.3 is 18.6 Å². The summed E-state index contributed by atoms with van der Waals surface area (Å²) >= 11 is 3.60. The van der Waals surface area contributed by atoms with Crippen molar-refractivity contribution in [2.24, 2.45) is 0 Å². The summed E-state index contributed by atoms with van der Waals surface area (Å²) in [5.41, 5.74) is -0.167. The van der Waals surface area contributed by atoms with Gasteiger partial charge in [-0.05, 0) is 41.9 Å². The zero-order valence-corrected chi connectivity index (χ0v) is 18.9. The van der Waals surface area contributed by atoms with Crippen molar-refractivity contribution in [3.8, 4) is 11.5 Å². The number of hydrogen-bond acceptors (Lipinski definition) is 5. The first-order valence-electron chi connectivity index (χ1n) is 9.22. The van der Waals surface area contributed by atoms with Crippen molar-refractivity contribution in [3.63, 3.8) is 0 Å². The number of carbonyl (C=O) groups excluding carboxylic acids is 1. The average Bonchev–Trinajstić information content (AvgIpc) is 3.03. The highest BCUT2D eigenvalue weighted by atomic mass is 79.9. The summed E-state index contributed by atoms with van der Waals surface area (Å²) in [4.78, 5) is 13.1. The van der Waals surface area contributed by atoms with Gasteiger partial charge in [-0.3, -0.25) is 4.79 Å². The van der Waals surface area contributed by atoms with Gasteiger partial charge in [0.1, 0.15) is 11.5 Å². The zero-order valence-electron chi connectivity index (χ0n) is 16.3. The van der Waals surface area contributed by atoms with E-state index in [1.807, 2.05) is 24.3 Å². The van der Waals surface area contributed by atoms with Crippen LogP contribution in [0.2, 0.25) is 18.1 Å². The van der Waals surface area contributed by atoms with Crippen molar-refractivity contribution in [1.29, 1.82) is 0 Å². The number of esters is 1. The quantitative estimate of drug-likeness (QED) is 0.493. The standard InChI is InChI=1S/C20H25BrO5Si/c1-19(2,3)27(4,5)26-17-9-15-13(21)10-20(17,18(22)25-15)12-6-7-14-16(8-12)24-11-23-14/h6-8,10,15,17H,9,11H2,1-5H3/t15-,17+,20+/m1/s1. The predicted octanol–water partition coefficient (Wildman–Crippen LogP) is 4.65. The minimum atomic E-state index is -2.09. The molecule has 0 radical (unpaired) electrons. The largest absolute Gasteiger partial charge is 0.456 e. The molecule has 0 N–H and O–H groups in total. The molecule has 5 nitrogen and oxygen atoms in total. The van der Waals surface area contributed by atoms with E-state index in [0.717, 1.165) is 10.0 Å². The fourth-order valence-electron chi connectivity index (χ4n) is 3.63. The number of hydrogen-bond donors (Lipinski definition) is 0. The van der Waals surface area contributed by atoms with Crippen LogP contribution in [0.4, 0.5) is 0 Å². The Labute approximate surface area is 169 Å². The van der Waals surface area contributed by atoms with Gasteiger partial charge in [-0.25, -0.2) is 0 Å². The molecular formula is C20H25BrO5Si. The van der Waals surface area contributed by atoms with Crippen LogP contribution in [0, 0.1) is 0 Å². The zero-order chi connectivity index (χ0) is 19.6. The third-order valence-electron chi connectivity index (χ3n) is 6.29. The van der Waals surface area contributed by atoms with Crippen LogP contribution in [-0.2, 0) is 19.4 Å². The lowest BCUT2D eigenvalue weighted by Crippen LogP contribution is -2.61. The normalized spacial score (nSPS) is 29.6. The Bertz CT molecular complexity index is 828. The van der Waals surface area contributed by atoms with Crippen molar-refractivity contribution >= 4 is 30.2 Å². The number of rotatable bonds is 3. The molecule has 7 heteroatoms. The highest BCUT2D eigenvalue weighted by Crippen LogP contribution is 2.51. The van der Waals surface area contributed by atoms with Gasteiger partial charge in [0, 0.05) is 10.9 Å². The van der Waals surface area contributed by atoms with Crippen LogP contribution in [0.5, 0.6) is 11.5 Å². The summed E-state index contributed by atoms with van der Waals surface area (Å²) in [6, 6.07) is 5.65. The molecule has 1 saturated heterocycles. The Kier molecular flexibility index (Phi) is 4.29. The van der Waals surface area contributed by atoms with Gasteiger partial charge in [-0.2, -0.15) is 0 Å². The number of carbonyl (C=O) groups is 1. The third kappa shape index (κ3) is 2.86. The van der Waals surface area contributed by atoms with E-state index in [9.17, 15) is 4.79 Å². The summed E-state index contributed by atoms with van der Waals surface area (Å²) in [7, 11) is -2.09. The first-order chi connectivity index (χ1) is 12.5. The molecule has 146 valence electrons. The lowest BCUT2D eigenvalue weighted by molar-refractivity contribution is -0.168.